The predicted molar refractivity (Wildman–Crippen MR) is 135 cm³/mol. The largest absolute Gasteiger partial charge is 0.370 e. The molecule has 36 heavy (non-hydrogen) atoms. The van der Waals surface area contributed by atoms with E-state index in [-0.39, 0.29) is 30.8 Å². The van der Waals surface area contributed by atoms with Crippen LogP contribution in [0.3, 0.4) is 0 Å². The Labute approximate surface area is 210 Å². The second-order valence-electron chi connectivity index (χ2n) is 8.02. The van der Waals surface area contributed by atoms with E-state index in [1.165, 1.54) is 6.20 Å². The molecule has 2 N–H and O–H groups in total. The number of halogens is 1. The third-order valence-corrected chi connectivity index (χ3v) is 5.80. The van der Waals surface area contributed by atoms with Crippen LogP contribution >= 0.6 is 11.6 Å². The van der Waals surface area contributed by atoms with Crippen molar-refractivity contribution in [2.24, 2.45) is 0 Å². The van der Waals surface area contributed by atoms with E-state index >= 15 is 0 Å². The number of aromatic nitrogens is 3. The molecule has 5 rings (SSSR count). The van der Waals surface area contributed by atoms with Crippen molar-refractivity contribution in [3.63, 3.8) is 0 Å². The molecule has 10 nitrogen and oxygen atoms in total. The molecule has 0 unspecified atom stereocenters. The Morgan fingerprint density at radius 3 is 2.58 bits per heavy atom. The van der Waals surface area contributed by atoms with Gasteiger partial charge in [-0.05, 0) is 48.5 Å². The van der Waals surface area contributed by atoms with Crippen LogP contribution in [-0.4, -0.2) is 52.0 Å². The Hall–Kier alpha value is -4.28. The van der Waals surface area contributed by atoms with Gasteiger partial charge in [0.2, 0.25) is 11.7 Å². The van der Waals surface area contributed by atoms with Crippen LogP contribution in [0.1, 0.15) is 10.6 Å². The van der Waals surface area contributed by atoms with Gasteiger partial charge in [0.05, 0.1) is 22.7 Å². The minimum Gasteiger partial charge on any atom is -0.370 e. The summed E-state index contributed by atoms with van der Waals surface area (Å²) in [7, 11) is 0. The number of hydrogen-bond acceptors (Lipinski definition) is 6. The maximum atomic E-state index is 13.2. The number of ether oxygens (including phenoxy) is 1. The van der Waals surface area contributed by atoms with Gasteiger partial charge in [0.25, 0.3) is 11.8 Å². The van der Waals surface area contributed by atoms with Gasteiger partial charge in [0.15, 0.2) is 0 Å². The van der Waals surface area contributed by atoms with Crippen molar-refractivity contribution in [2.75, 3.05) is 35.3 Å². The van der Waals surface area contributed by atoms with Gasteiger partial charge < -0.3 is 24.8 Å². The van der Waals surface area contributed by atoms with E-state index in [0.29, 0.717) is 40.7 Å². The number of benzene rings is 2. The minimum atomic E-state index is -0.473. The van der Waals surface area contributed by atoms with E-state index < -0.39 is 5.91 Å². The molecule has 1 aliphatic heterocycles. The van der Waals surface area contributed by atoms with Crippen LogP contribution in [0.15, 0.2) is 66.9 Å². The molecule has 2 aromatic carbocycles. The maximum Gasteiger partial charge on any atom is 0.291 e. The molecule has 0 atom stereocenters. The van der Waals surface area contributed by atoms with Gasteiger partial charge in [-0.2, -0.15) is 0 Å². The van der Waals surface area contributed by atoms with Crippen LogP contribution in [0.25, 0.3) is 11.0 Å². The van der Waals surface area contributed by atoms with Crippen molar-refractivity contribution in [3.8, 4) is 0 Å². The van der Waals surface area contributed by atoms with Crippen molar-refractivity contribution in [1.29, 1.82) is 0 Å². The number of para-hydroxylation sites is 2. The topological polar surface area (TPSA) is 118 Å². The molecular formula is C25H21ClN6O4. The fraction of sp³-hybridized carbons (Fsp3) is 0.160. The molecule has 0 radical (unpaired) electrons. The molecule has 11 heteroatoms. The van der Waals surface area contributed by atoms with Gasteiger partial charge in [-0.3, -0.25) is 14.4 Å². The lowest BCUT2D eigenvalue weighted by Gasteiger charge is -2.26. The first-order valence-electron chi connectivity index (χ1n) is 11.1. The Morgan fingerprint density at radius 2 is 1.83 bits per heavy atom. The lowest BCUT2D eigenvalue weighted by Crippen LogP contribution is -2.41. The Kier molecular flexibility index (Phi) is 6.61. The molecule has 4 aromatic rings. The van der Waals surface area contributed by atoms with Crippen molar-refractivity contribution >= 4 is 57.5 Å². The highest BCUT2D eigenvalue weighted by atomic mass is 35.5. The molecular weight excluding hydrogens is 484 g/mol. The van der Waals surface area contributed by atoms with Gasteiger partial charge in [0, 0.05) is 24.1 Å². The quantitative estimate of drug-likeness (QED) is 0.416. The number of pyridine rings is 1. The fourth-order valence-electron chi connectivity index (χ4n) is 3.89. The summed E-state index contributed by atoms with van der Waals surface area (Å²) < 4.78 is 6.72. The Balaban J connectivity index is 1.35. The first-order valence-corrected chi connectivity index (χ1v) is 11.5. The van der Waals surface area contributed by atoms with Crippen LogP contribution in [0.2, 0.25) is 5.02 Å². The van der Waals surface area contributed by atoms with E-state index in [1.807, 2.05) is 12.1 Å². The highest BCUT2D eigenvalue weighted by Gasteiger charge is 2.22. The van der Waals surface area contributed by atoms with Gasteiger partial charge in [-0.25, -0.2) is 9.97 Å². The van der Waals surface area contributed by atoms with E-state index in [2.05, 4.69) is 20.6 Å². The van der Waals surface area contributed by atoms with Crippen LogP contribution in [-0.2, 0) is 20.9 Å². The number of hydrogen-bond donors (Lipinski definition) is 2. The number of carbonyl (C=O) groups excluding carboxylic acids is 3. The zero-order valence-electron chi connectivity index (χ0n) is 19.0. The van der Waals surface area contributed by atoms with Crippen molar-refractivity contribution in [1.82, 2.24) is 14.5 Å². The van der Waals surface area contributed by atoms with E-state index in [4.69, 9.17) is 16.3 Å². The number of rotatable bonds is 6. The SMILES string of the molecule is O=C(Cn1c(C(=O)Nc2ccc(N3CCOCC3=O)cc2)nc2ccccc21)Nc1ccc(Cl)cn1. The van der Waals surface area contributed by atoms with E-state index in [0.717, 1.165) is 5.69 Å². The molecule has 3 amide bonds. The van der Waals surface area contributed by atoms with E-state index in [1.54, 1.807) is 58.0 Å². The second kappa shape index (κ2) is 10.1. The smallest absolute Gasteiger partial charge is 0.291 e. The van der Waals surface area contributed by atoms with Gasteiger partial charge in [0.1, 0.15) is 19.0 Å². The summed E-state index contributed by atoms with van der Waals surface area (Å²) in [4.78, 5) is 48.2. The first kappa shape index (κ1) is 23.5. The lowest BCUT2D eigenvalue weighted by atomic mass is 10.2. The summed E-state index contributed by atoms with van der Waals surface area (Å²) in [5.74, 6) is -0.527. The molecule has 1 fully saturated rings. The average molecular weight is 505 g/mol. The molecule has 182 valence electrons. The number of amides is 3. The van der Waals surface area contributed by atoms with Crippen LogP contribution in [0.5, 0.6) is 0 Å². The average Bonchev–Trinajstić information content (AvgIpc) is 3.25. The molecule has 0 spiro atoms. The number of imidazole rings is 1. The number of anilines is 3. The summed E-state index contributed by atoms with van der Waals surface area (Å²) in [6, 6.07) is 17.3. The minimum absolute atomic E-state index is 0.0519. The highest BCUT2D eigenvalue weighted by molar-refractivity contribution is 6.30. The number of fused-ring (bicyclic) bond motifs is 1. The predicted octanol–water partition coefficient (Wildman–Crippen LogP) is 3.34. The summed E-state index contributed by atoms with van der Waals surface area (Å²) >= 11 is 5.85. The zero-order valence-corrected chi connectivity index (χ0v) is 19.7. The zero-order chi connectivity index (χ0) is 25.1. The monoisotopic (exact) mass is 504 g/mol. The van der Waals surface area contributed by atoms with Crippen LogP contribution < -0.4 is 15.5 Å². The molecule has 1 aliphatic rings. The second-order valence-corrected chi connectivity index (χ2v) is 8.46. The number of nitrogens with one attached hydrogen (secondary N) is 2. The lowest BCUT2D eigenvalue weighted by molar-refractivity contribution is -0.125. The molecule has 2 aromatic heterocycles. The standard InChI is InChI=1S/C25H21ClN6O4/c26-16-5-10-21(27-13-16)30-22(33)14-32-20-4-2-1-3-19(20)29-24(32)25(35)28-17-6-8-18(9-7-17)31-11-12-36-15-23(31)34/h1-10,13H,11-12,14-15H2,(H,28,35)(H,27,30,33). The van der Waals surface area contributed by atoms with E-state index in [9.17, 15) is 14.4 Å². The summed E-state index contributed by atoms with van der Waals surface area (Å²) in [6.45, 7) is 0.853. The Bertz CT molecular complexity index is 1440. The molecule has 0 saturated carbocycles. The van der Waals surface area contributed by atoms with Crippen molar-refractivity contribution in [2.45, 2.75) is 6.54 Å². The van der Waals surface area contributed by atoms with Crippen molar-refractivity contribution in [3.05, 3.63) is 77.7 Å². The molecule has 1 saturated heterocycles. The summed E-state index contributed by atoms with van der Waals surface area (Å²) in [6.07, 6.45) is 1.43. The third-order valence-electron chi connectivity index (χ3n) is 5.58. The number of carbonyl (C=O) groups is 3. The van der Waals surface area contributed by atoms with Gasteiger partial charge >= 0.3 is 0 Å². The highest BCUT2D eigenvalue weighted by Crippen LogP contribution is 2.22. The number of morpholine rings is 1. The van der Waals surface area contributed by atoms with Crippen LogP contribution in [0, 0.1) is 0 Å². The normalized spacial score (nSPS) is 13.6. The first-order chi connectivity index (χ1) is 17.5. The molecule has 0 aliphatic carbocycles. The van der Waals surface area contributed by atoms with Crippen LogP contribution in [0.4, 0.5) is 17.2 Å². The Morgan fingerprint density at radius 1 is 1.03 bits per heavy atom. The molecule has 3 heterocycles. The van der Waals surface area contributed by atoms with Gasteiger partial charge in [-0.15, -0.1) is 0 Å². The summed E-state index contributed by atoms with van der Waals surface area (Å²) in [5, 5.41) is 5.98. The molecule has 0 bridgehead atoms. The summed E-state index contributed by atoms with van der Waals surface area (Å²) in [5.41, 5.74) is 2.48. The third kappa shape index (κ3) is 5.04. The number of nitrogens with zero attached hydrogens (tertiary/aromatic N) is 4. The fourth-order valence-corrected chi connectivity index (χ4v) is 4.00. The van der Waals surface area contributed by atoms with Gasteiger partial charge in [-0.1, -0.05) is 23.7 Å². The maximum absolute atomic E-state index is 13.2. The van der Waals surface area contributed by atoms with Crippen molar-refractivity contribution < 1.29 is 19.1 Å².